The Balaban J connectivity index is 1.57. The summed E-state index contributed by atoms with van der Waals surface area (Å²) >= 11 is 5.29. The van der Waals surface area contributed by atoms with Crippen LogP contribution in [0, 0.1) is 0 Å². The summed E-state index contributed by atoms with van der Waals surface area (Å²) in [5.41, 5.74) is 3.04. The van der Waals surface area contributed by atoms with E-state index in [1.54, 1.807) is 0 Å². The quantitative estimate of drug-likeness (QED) is 0.487. The lowest BCUT2D eigenvalue weighted by atomic mass is 9.96. The number of carbonyl (C=O) groups is 1. The molecule has 0 saturated heterocycles. The van der Waals surface area contributed by atoms with E-state index in [0.29, 0.717) is 0 Å². The zero-order valence-corrected chi connectivity index (χ0v) is 20.0. The fourth-order valence-corrected chi connectivity index (χ4v) is 5.87. The van der Waals surface area contributed by atoms with Crippen LogP contribution >= 0.6 is 12.2 Å². The number of pyridine rings is 1. The van der Waals surface area contributed by atoms with Crippen molar-refractivity contribution in [3.8, 4) is 11.1 Å². The van der Waals surface area contributed by atoms with Gasteiger partial charge in [-0.15, -0.1) is 0 Å². The molecule has 182 valence electrons. The summed E-state index contributed by atoms with van der Waals surface area (Å²) in [5.74, 6) is -0.283. The number of nitrogens with one attached hydrogen (secondary N) is 1. The summed E-state index contributed by atoms with van der Waals surface area (Å²) in [6.07, 6.45) is -3.70. The van der Waals surface area contributed by atoms with Crippen LogP contribution in [0.5, 0.6) is 0 Å². The van der Waals surface area contributed by atoms with E-state index in [2.05, 4.69) is 9.71 Å². The molecule has 0 spiro atoms. The highest BCUT2D eigenvalue weighted by Gasteiger charge is 2.33. The lowest BCUT2D eigenvalue weighted by molar-refractivity contribution is -0.141. The van der Waals surface area contributed by atoms with Gasteiger partial charge in [0.15, 0.2) is 5.11 Å². The maximum Gasteiger partial charge on any atom is 0.433 e. The number of hydrogen-bond donors (Lipinski definition) is 2. The Bertz CT molecular complexity index is 1370. The SMILES string of the molecule is CS(=O)(=Cc1ccc(C(F)(F)F)nc1)NC(=S)N(CC1c2ccccc2-c2ccccc21)C(=O)O. The smallest absolute Gasteiger partial charge is 0.433 e. The molecule has 2 aromatic carbocycles. The molecule has 1 aliphatic carbocycles. The molecule has 1 atom stereocenters. The molecule has 11 heteroatoms. The van der Waals surface area contributed by atoms with Crippen molar-refractivity contribution >= 4 is 38.5 Å². The molecule has 1 heterocycles. The van der Waals surface area contributed by atoms with Gasteiger partial charge in [-0.2, -0.15) is 13.2 Å². The Labute approximate surface area is 205 Å². The second-order valence-electron chi connectivity index (χ2n) is 8.02. The third kappa shape index (κ3) is 5.30. The third-order valence-electron chi connectivity index (χ3n) is 5.53. The maximum atomic E-state index is 13.1. The topological polar surface area (TPSA) is 82.5 Å². The largest absolute Gasteiger partial charge is 0.465 e. The van der Waals surface area contributed by atoms with Crippen molar-refractivity contribution < 1.29 is 27.3 Å². The number of aromatic nitrogens is 1. The lowest BCUT2D eigenvalue weighted by Crippen LogP contribution is -2.47. The van der Waals surface area contributed by atoms with Gasteiger partial charge in [0.2, 0.25) is 0 Å². The van der Waals surface area contributed by atoms with Gasteiger partial charge in [0.1, 0.15) is 5.69 Å². The van der Waals surface area contributed by atoms with Crippen molar-refractivity contribution in [2.45, 2.75) is 12.1 Å². The maximum absolute atomic E-state index is 13.1. The van der Waals surface area contributed by atoms with E-state index in [4.69, 9.17) is 12.2 Å². The van der Waals surface area contributed by atoms with E-state index in [1.165, 1.54) is 11.6 Å². The zero-order valence-electron chi connectivity index (χ0n) is 18.3. The second kappa shape index (κ2) is 9.31. The van der Waals surface area contributed by atoms with Gasteiger partial charge in [-0.3, -0.25) is 14.6 Å². The van der Waals surface area contributed by atoms with Crippen molar-refractivity contribution in [1.82, 2.24) is 14.6 Å². The van der Waals surface area contributed by atoms with Crippen molar-refractivity contribution in [1.29, 1.82) is 0 Å². The summed E-state index contributed by atoms with van der Waals surface area (Å²) in [4.78, 5) is 16.4. The Hall–Kier alpha value is -3.44. The van der Waals surface area contributed by atoms with Crippen LogP contribution in [0.1, 0.15) is 28.3 Å². The number of rotatable bonds is 4. The minimum atomic E-state index is -4.59. The van der Waals surface area contributed by atoms with Crippen LogP contribution in [0.25, 0.3) is 11.1 Å². The first kappa shape index (κ1) is 24.7. The Morgan fingerprint density at radius 1 is 1.11 bits per heavy atom. The number of halogens is 3. The number of alkyl halides is 3. The standard InChI is InChI=1S/C24H20F3N3O3S2/c1-35(33,14-15-10-11-21(28-12-15)24(25,26)27)29-22(34)30(23(31)32)13-20-18-8-4-2-6-16(18)17-7-3-5-9-19(17)20/h2-12,14,20H,13H2,1H3,(H,31,32)(H,29,33,34). The molecule has 0 aliphatic heterocycles. The molecule has 0 fully saturated rings. The summed E-state index contributed by atoms with van der Waals surface area (Å²) in [6.45, 7) is -0.00739. The van der Waals surface area contributed by atoms with Crippen LogP contribution in [-0.2, 0) is 15.9 Å². The fourth-order valence-electron chi connectivity index (χ4n) is 4.05. The van der Waals surface area contributed by atoms with E-state index in [1.807, 2.05) is 48.5 Å². The molecule has 1 aromatic heterocycles. The van der Waals surface area contributed by atoms with Crippen LogP contribution in [0.15, 0.2) is 66.9 Å². The first-order chi connectivity index (χ1) is 16.5. The third-order valence-corrected chi connectivity index (χ3v) is 7.30. The number of benzene rings is 2. The number of nitrogens with zero attached hydrogens (tertiary/aromatic N) is 2. The zero-order chi connectivity index (χ0) is 25.4. The predicted molar refractivity (Wildman–Crippen MR) is 133 cm³/mol. The minimum Gasteiger partial charge on any atom is -0.465 e. The van der Waals surface area contributed by atoms with Crippen LogP contribution in [0.2, 0.25) is 0 Å². The fraction of sp³-hybridized carbons (Fsp3) is 0.167. The van der Waals surface area contributed by atoms with E-state index >= 15 is 0 Å². The van der Waals surface area contributed by atoms with Crippen LogP contribution < -0.4 is 4.72 Å². The van der Waals surface area contributed by atoms with Crippen molar-refractivity contribution in [3.63, 3.8) is 0 Å². The van der Waals surface area contributed by atoms with Crippen molar-refractivity contribution in [2.75, 3.05) is 12.8 Å². The molecule has 0 radical (unpaired) electrons. The van der Waals surface area contributed by atoms with Crippen molar-refractivity contribution in [3.05, 3.63) is 89.2 Å². The van der Waals surface area contributed by atoms with E-state index in [9.17, 15) is 27.3 Å². The molecule has 0 bridgehead atoms. The van der Waals surface area contributed by atoms with Gasteiger partial charge in [0.05, 0.1) is 9.71 Å². The van der Waals surface area contributed by atoms with E-state index in [0.717, 1.165) is 45.5 Å². The lowest BCUT2D eigenvalue weighted by Gasteiger charge is -2.25. The van der Waals surface area contributed by atoms with Gasteiger partial charge in [0, 0.05) is 35.8 Å². The second-order valence-corrected chi connectivity index (χ2v) is 10.7. The summed E-state index contributed by atoms with van der Waals surface area (Å²) in [6, 6.07) is 17.3. The molecule has 1 aliphatic rings. The molecule has 35 heavy (non-hydrogen) atoms. The van der Waals surface area contributed by atoms with Gasteiger partial charge in [0.25, 0.3) is 0 Å². The molecule has 3 aromatic rings. The van der Waals surface area contributed by atoms with E-state index < -0.39 is 27.7 Å². The van der Waals surface area contributed by atoms with Gasteiger partial charge >= 0.3 is 12.3 Å². The van der Waals surface area contributed by atoms with Gasteiger partial charge < -0.3 is 5.11 Å². The summed E-state index contributed by atoms with van der Waals surface area (Å²) in [5, 5.41) is 10.8. The molecule has 6 nitrogen and oxygen atoms in total. The number of carboxylic acid groups (broad SMARTS) is 1. The number of amides is 1. The highest BCUT2D eigenvalue weighted by molar-refractivity contribution is 8.00. The summed E-state index contributed by atoms with van der Waals surface area (Å²) < 4.78 is 53.8. The molecule has 2 N–H and O–H groups in total. The van der Waals surface area contributed by atoms with Crippen molar-refractivity contribution in [2.24, 2.45) is 0 Å². The average Bonchev–Trinajstić information content (AvgIpc) is 3.10. The van der Waals surface area contributed by atoms with E-state index in [-0.39, 0.29) is 23.1 Å². The highest BCUT2D eigenvalue weighted by atomic mass is 32.2. The van der Waals surface area contributed by atoms with Gasteiger partial charge in [-0.25, -0.2) is 9.00 Å². The van der Waals surface area contributed by atoms with Crippen LogP contribution in [0.4, 0.5) is 18.0 Å². The minimum absolute atomic E-state index is 0.00739. The average molecular weight is 520 g/mol. The molecule has 0 saturated carbocycles. The first-order valence-corrected chi connectivity index (χ1v) is 12.8. The van der Waals surface area contributed by atoms with Gasteiger partial charge in [-0.1, -0.05) is 54.6 Å². The normalized spacial score (nSPS) is 14.4. The molecule has 4 rings (SSSR count). The molecular weight excluding hydrogens is 499 g/mol. The van der Waals surface area contributed by atoms with Crippen LogP contribution in [0.3, 0.4) is 0 Å². The number of hydrogen-bond acceptors (Lipinski definition) is 4. The summed E-state index contributed by atoms with van der Waals surface area (Å²) in [7, 11) is -3.11. The Morgan fingerprint density at radius 2 is 1.69 bits per heavy atom. The van der Waals surface area contributed by atoms with Gasteiger partial charge in [-0.05, 0) is 40.5 Å². The monoisotopic (exact) mass is 519 g/mol. The van der Waals surface area contributed by atoms with Crippen LogP contribution in [-0.4, -0.2) is 48.6 Å². The molecule has 1 unspecified atom stereocenters. The Morgan fingerprint density at radius 3 is 2.17 bits per heavy atom. The first-order valence-electron chi connectivity index (χ1n) is 10.3. The highest BCUT2D eigenvalue weighted by Crippen LogP contribution is 2.44. The number of thiocarbonyl (C=S) groups is 1. The molecular formula is C24H20F3N3O3S2. The molecule has 1 amide bonds. The Kier molecular flexibility index (Phi) is 6.56. The predicted octanol–water partition coefficient (Wildman–Crippen LogP) is 4.75. The number of fused-ring (bicyclic) bond motifs is 3.